The summed E-state index contributed by atoms with van der Waals surface area (Å²) >= 11 is 1.62. The molecule has 0 N–H and O–H groups in total. The van der Waals surface area contributed by atoms with E-state index in [0.29, 0.717) is 24.5 Å². The summed E-state index contributed by atoms with van der Waals surface area (Å²) in [5.74, 6) is -0.364. The van der Waals surface area contributed by atoms with E-state index in [4.69, 9.17) is 0 Å². The number of thioether (sulfide) groups is 1. The maximum Gasteiger partial charge on any atom is 0.218 e. The van der Waals surface area contributed by atoms with Gasteiger partial charge in [0, 0.05) is 58.1 Å². The maximum absolute atomic E-state index is 11.6. The van der Waals surface area contributed by atoms with Crippen LogP contribution in [0.4, 0.5) is 11.4 Å². The third kappa shape index (κ3) is 8.78. The summed E-state index contributed by atoms with van der Waals surface area (Å²) in [6.45, 7) is 13.2. The van der Waals surface area contributed by atoms with Gasteiger partial charge in [-0.15, -0.1) is 5.10 Å². The van der Waals surface area contributed by atoms with Gasteiger partial charge in [-0.05, 0) is 143 Å². The second kappa shape index (κ2) is 18.3. The van der Waals surface area contributed by atoms with E-state index in [-0.39, 0.29) is 16.6 Å². The van der Waals surface area contributed by atoms with E-state index in [1.54, 1.807) is 11.8 Å². The second-order valence-corrected chi connectivity index (χ2v) is 21.1. The molecule has 334 valence electrons. The van der Waals surface area contributed by atoms with Gasteiger partial charge in [0.2, 0.25) is 10.8 Å². The maximum atomic E-state index is 11.6. The van der Waals surface area contributed by atoms with Crippen molar-refractivity contribution in [3.8, 4) is 5.69 Å². The number of rotatable bonds is 15. The molecule has 9 rings (SSSR count). The Bertz CT molecular complexity index is 3050. The van der Waals surface area contributed by atoms with E-state index < -0.39 is 10.1 Å². The van der Waals surface area contributed by atoms with Gasteiger partial charge in [0.15, 0.2) is 5.71 Å². The van der Waals surface area contributed by atoms with E-state index in [9.17, 15) is 13.0 Å². The van der Waals surface area contributed by atoms with Crippen molar-refractivity contribution >= 4 is 60.5 Å². The monoisotopic (exact) mass is 902 g/mol. The number of hydrogen-bond acceptors (Lipinski definition) is 8. The molecule has 11 heteroatoms. The van der Waals surface area contributed by atoms with Crippen LogP contribution in [-0.4, -0.2) is 62.3 Å². The van der Waals surface area contributed by atoms with Gasteiger partial charge in [0.25, 0.3) is 0 Å². The quantitative estimate of drug-likeness (QED) is 0.0570. The lowest BCUT2D eigenvalue weighted by molar-refractivity contribution is -0.438. The molecular weight excluding hydrogens is 845 g/mol. The summed E-state index contributed by atoms with van der Waals surface area (Å²) in [4.78, 5) is 3.50. The van der Waals surface area contributed by atoms with Crippen LogP contribution in [0, 0.1) is 0 Å². The van der Waals surface area contributed by atoms with Crippen LogP contribution >= 0.6 is 11.8 Å². The van der Waals surface area contributed by atoms with Crippen LogP contribution < -0.4 is 4.90 Å². The molecule has 0 saturated carbocycles. The molecule has 0 saturated heterocycles. The Morgan fingerprint density at radius 1 is 0.769 bits per heavy atom. The molecule has 6 aromatic rings. The van der Waals surface area contributed by atoms with Gasteiger partial charge in [-0.1, -0.05) is 112 Å². The van der Waals surface area contributed by atoms with Gasteiger partial charge in [-0.25, -0.2) is 8.42 Å². The number of para-hydroxylation sites is 1. The minimum absolute atomic E-state index is 0.226. The average molecular weight is 903 g/mol. The molecule has 65 heavy (non-hydrogen) atoms. The molecule has 0 atom stereocenters. The Labute approximate surface area is 388 Å². The van der Waals surface area contributed by atoms with Crippen molar-refractivity contribution in [2.75, 3.05) is 23.7 Å². The van der Waals surface area contributed by atoms with Crippen molar-refractivity contribution in [3.63, 3.8) is 0 Å². The summed E-state index contributed by atoms with van der Waals surface area (Å²) in [5, 5.41) is 18.9. The first-order chi connectivity index (χ1) is 31.4. The SMILES string of the molecule is CCCCC[N+]1=C(/C=C/C2=C(Sc3nnnn3-c3ccccc3)C(=C/C=C3/N(CCCCS(=O)(=O)[O-])c4ccc5ccccc5c4C3(C)C)/CCC2)C(C)(C)c2c1ccc1ccccc21. The minimum Gasteiger partial charge on any atom is -0.748 e. The first-order valence-electron chi connectivity index (χ1n) is 23.1. The largest absolute Gasteiger partial charge is 0.748 e. The molecule has 5 aromatic carbocycles. The fourth-order valence-electron chi connectivity index (χ4n) is 10.4. The lowest BCUT2D eigenvalue weighted by Crippen LogP contribution is -2.28. The first kappa shape index (κ1) is 44.6. The number of allylic oxidation sites excluding steroid dienone is 7. The van der Waals surface area contributed by atoms with Crippen LogP contribution in [0.15, 0.2) is 154 Å². The zero-order valence-corrected chi connectivity index (χ0v) is 39.8. The lowest BCUT2D eigenvalue weighted by Gasteiger charge is -2.28. The highest BCUT2D eigenvalue weighted by atomic mass is 32.2. The molecule has 1 aromatic heterocycles. The van der Waals surface area contributed by atoms with Crippen molar-refractivity contribution in [2.24, 2.45) is 0 Å². The summed E-state index contributed by atoms with van der Waals surface area (Å²) in [6, 6.07) is 36.3. The Balaban J connectivity index is 1.17. The topological polar surface area (TPSA) is 107 Å². The number of nitrogens with zero attached hydrogens (tertiary/aromatic N) is 6. The zero-order valence-electron chi connectivity index (χ0n) is 38.1. The molecule has 9 nitrogen and oxygen atoms in total. The third-order valence-electron chi connectivity index (χ3n) is 13.5. The van der Waals surface area contributed by atoms with Gasteiger partial charge in [0.05, 0.1) is 21.2 Å². The number of fused-ring (bicyclic) bond motifs is 6. The molecule has 0 fully saturated rings. The highest BCUT2D eigenvalue weighted by Gasteiger charge is 2.45. The Kier molecular flexibility index (Phi) is 12.6. The molecule has 1 aliphatic carbocycles. The van der Waals surface area contributed by atoms with Gasteiger partial charge in [0.1, 0.15) is 6.54 Å². The Hall–Kier alpha value is -5.62. The molecule has 3 aliphatic rings. The van der Waals surface area contributed by atoms with Crippen LogP contribution in [0.2, 0.25) is 0 Å². The number of hydrogen-bond donors (Lipinski definition) is 0. The van der Waals surface area contributed by atoms with Gasteiger partial charge in [-0.3, -0.25) is 0 Å². The molecule has 0 spiro atoms. The van der Waals surface area contributed by atoms with E-state index >= 15 is 0 Å². The second-order valence-electron chi connectivity index (χ2n) is 18.6. The highest BCUT2D eigenvalue weighted by Crippen LogP contribution is 2.52. The molecule has 0 bridgehead atoms. The molecule has 0 amide bonds. The average Bonchev–Trinajstić information content (AvgIpc) is 3.92. The predicted molar refractivity (Wildman–Crippen MR) is 266 cm³/mol. The van der Waals surface area contributed by atoms with E-state index in [0.717, 1.165) is 60.6 Å². The van der Waals surface area contributed by atoms with Crippen molar-refractivity contribution in [1.82, 2.24) is 20.2 Å². The standard InChI is InChI=1S/C54H58N6O3S2/c1-6-7-15-35-58-45-31-27-38-19-11-13-25-43(38)49(45)53(2,3)47(58)33-29-40-21-18-22-41(51(40)64-52-55-56-57-60(52)42-23-9-8-10-24-42)30-34-48-54(4,5)50-44-26-14-12-20-39(44)28-32-46(50)59(48)36-16-17-37-65(61,62)63/h8-14,19-20,23-34H,6-7,15-18,21-22,35-37H2,1-5H3. The van der Waals surface area contributed by atoms with Crippen LogP contribution in [-0.2, 0) is 20.9 Å². The van der Waals surface area contributed by atoms with E-state index in [2.05, 4.69) is 157 Å². The minimum atomic E-state index is -4.30. The molecular formula is C54H58N6O3S2. The number of anilines is 1. The first-order valence-corrected chi connectivity index (χ1v) is 25.5. The zero-order chi connectivity index (χ0) is 45.3. The summed E-state index contributed by atoms with van der Waals surface area (Å²) in [5.41, 5.74) is 10.3. The smallest absolute Gasteiger partial charge is 0.218 e. The number of tetrazole rings is 1. The van der Waals surface area contributed by atoms with Gasteiger partial charge in [-0.2, -0.15) is 9.26 Å². The van der Waals surface area contributed by atoms with Crippen LogP contribution in [0.25, 0.3) is 27.2 Å². The van der Waals surface area contributed by atoms with Crippen molar-refractivity contribution in [1.29, 1.82) is 0 Å². The fourth-order valence-corrected chi connectivity index (χ4v) is 12.0. The van der Waals surface area contributed by atoms with E-state index in [1.165, 1.54) is 61.6 Å². The molecule has 0 radical (unpaired) electrons. The lowest BCUT2D eigenvalue weighted by atomic mass is 9.78. The normalized spacial score (nSPS) is 18.3. The summed E-state index contributed by atoms with van der Waals surface area (Å²) in [7, 11) is -4.30. The van der Waals surface area contributed by atoms with Crippen molar-refractivity contribution < 1.29 is 17.5 Å². The molecule has 0 unspecified atom stereocenters. The van der Waals surface area contributed by atoms with E-state index in [1.807, 2.05) is 35.0 Å². The Morgan fingerprint density at radius 3 is 2.22 bits per heavy atom. The van der Waals surface area contributed by atoms with Crippen LogP contribution in [0.5, 0.6) is 0 Å². The van der Waals surface area contributed by atoms with Crippen LogP contribution in [0.3, 0.4) is 0 Å². The van der Waals surface area contributed by atoms with Crippen molar-refractivity contribution in [2.45, 2.75) is 102 Å². The fraction of sp³-hybridized carbons (Fsp3) is 0.333. The molecule has 3 heterocycles. The summed E-state index contributed by atoms with van der Waals surface area (Å²) in [6.07, 6.45) is 16.5. The number of benzene rings is 5. The van der Waals surface area contributed by atoms with Gasteiger partial charge >= 0.3 is 0 Å². The van der Waals surface area contributed by atoms with Crippen molar-refractivity contribution in [3.05, 3.63) is 160 Å². The number of unbranched alkanes of at least 4 members (excludes halogenated alkanes) is 3. The highest BCUT2D eigenvalue weighted by molar-refractivity contribution is 8.03. The number of aromatic nitrogens is 4. The molecule has 2 aliphatic heterocycles. The van der Waals surface area contributed by atoms with Gasteiger partial charge < -0.3 is 9.45 Å². The van der Waals surface area contributed by atoms with Crippen LogP contribution in [0.1, 0.15) is 97.1 Å². The summed E-state index contributed by atoms with van der Waals surface area (Å²) < 4.78 is 39.2. The third-order valence-corrected chi connectivity index (χ3v) is 15.5. The predicted octanol–water partition coefficient (Wildman–Crippen LogP) is 12.3. The Morgan fingerprint density at radius 2 is 1.48 bits per heavy atom.